The summed E-state index contributed by atoms with van der Waals surface area (Å²) < 4.78 is 62.5. The van der Waals surface area contributed by atoms with Crippen molar-refractivity contribution in [3.05, 3.63) is 58.6 Å². The number of hydrogen-bond donors (Lipinski definition) is 2. The predicted molar refractivity (Wildman–Crippen MR) is 115 cm³/mol. The molecule has 2 aliphatic rings. The van der Waals surface area contributed by atoms with E-state index in [0.717, 1.165) is 12.1 Å². The zero-order chi connectivity index (χ0) is 23.1. The number of benzene rings is 2. The highest BCUT2D eigenvalue weighted by atomic mass is 35.5. The average Bonchev–Trinajstić information content (AvgIpc) is 2.76. The maximum Gasteiger partial charge on any atom is 0.188 e. The predicted octanol–water partition coefficient (Wildman–Crippen LogP) is 4.23. The molecule has 4 rings (SSSR count). The molecular weight excluding hydrogens is 462 g/mol. The van der Waals surface area contributed by atoms with E-state index in [4.69, 9.17) is 16.3 Å². The highest BCUT2D eigenvalue weighted by molar-refractivity contribution is 7.92. The molecule has 0 saturated heterocycles. The Balaban J connectivity index is 2.06. The molecule has 2 N–H and O–H groups in total. The Hall–Kier alpha value is -1.74. The van der Waals surface area contributed by atoms with Gasteiger partial charge in [-0.2, -0.15) is 0 Å². The van der Waals surface area contributed by atoms with Crippen molar-refractivity contribution < 1.29 is 32.1 Å². The van der Waals surface area contributed by atoms with Gasteiger partial charge in [0.15, 0.2) is 21.4 Å². The van der Waals surface area contributed by atoms with Gasteiger partial charge >= 0.3 is 0 Å². The molecule has 0 unspecified atom stereocenters. The number of sulfone groups is 1. The second-order valence-electron chi connectivity index (χ2n) is 8.61. The van der Waals surface area contributed by atoms with Crippen LogP contribution in [0, 0.1) is 23.0 Å². The van der Waals surface area contributed by atoms with Crippen molar-refractivity contribution in [2.24, 2.45) is 11.3 Å². The minimum absolute atomic E-state index is 0.0489. The van der Waals surface area contributed by atoms with E-state index in [1.54, 1.807) is 0 Å². The summed E-state index contributed by atoms with van der Waals surface area (Å²) in [4.78, 5) is -0.0489. The lowest BCUT2D eigenvalue weighted by Crippen LogP contribution is -2.58. The number of halogens is 3. The molecule has 2 aromatic carbocycles. The lowest BCUT2D eigenvalue weighted by Gasteiger charge is -2.56. The summed E-state index contributed by atoms with van der Waals surface area (Å²) in [5.74, 6) is -2.87. The van der Waals surface area contributed by atoms with E-state index in [-0.39, 0.29) is 55.3 Å². The van der Waals surface area contributed by atoms with Crippen LogP contribution < -0.4 is 4.74 Å². The molecule has 0 aromatic heterocycles. The molecule has 174 valence electrons. The van der Waals surface area contributed by atoms with Crippen LogP contribution in [0.15, 0.2) is 41.3 Å². The summed E-state index contributed by atoms with van der Waals surface area (Å²) in [5, 5.41) is 20.0. The van der Waals surface area contributed by atoms with Crippen LogP contribution in [0.3, 0.4) is 0 Å². The lowest BCUT2D eigenvalue weighted by molar-refractivity contribution is -0.0316. The van der Waals surface area contributed by atoms with E-state index >= 15 is 4.39 Å². The van der Waals surface area contributed by atoms with Crippen LogP contribution in [0.4, 0.5) is 8.78 Å². The van der Waals surface area contributed by atoms with E-state index in [2.05, 4.69) is 0 Å². The third kappa shape index (κ3) is 3.34. The van der Waals surface area contributed by atoms with E-state index in [9.17, 15) is 23.0 Å². The summed E-state index contributed by atoms with van der Waals surface area (Å²) in [7, 11) is -4.27. The van der Waals surface area contributed by atoms with Gasteiger partial charge in [-0.3, -0.25) is 0 Å². The Morgan fingerprint density at radius 2 is 1.62 bits per heavy atom. The molecular formula is C23H25ClF2O5S. The van der Waals surface area contributed by atoms with Crippen molar-refractivity contribution in [1.29, 1.82) is 0 Å². The van der Waals surface area contributed by atoms with Gasteiger partial charge in [-0.25, -0.2) is 17.2 Å². The van der Waals surface area contributed by atoms with E-state index in [1.807, 2.05) is 0 Å². The van der Waals surface area contributed by atoms with Crippen LogP contribution in [0.25, 0.3) is 0 Å². The summed E-state index contributed by atoms with van der Waals surface area (Å²) in [6.45, 7) is -0.627. The maximum absolute atomic E-state index is 15.4. The Kier molecular flexibility index (Phi) is 6.26. The first-order chi connectivity index (χ1) is 15.2. The zero-order valence-corrected chi connectivity index (χ0v) is 18.9. The number of aliphatic hydroxyl groups is 2. The fraction of sp³-hybridized carbons (Fsp3) is 0.478. The molecule has 0 bridgehead atoms. The monoisotopic (exact) mass is 486 g/mol. The summed E-state index contributed by atoms with van der Waals surface area (Å²) in [6.07, 6.45) is 1.43. The van der Waals surface area contributed by atoms with Crippen molar-refractivity contribution in [3.8, 4) is 5.75 Å². The van der Waals surface area contributed by atoms with Gasteiger partial charge in [0.05, 0.1) is 17.1 Å². The molecule has 1 aliphatic carbocycles. The first-order valence-electron chi connectivity index (χ1n) is 10.6. The summed E-state index contributed by atoms with van der Waals surface area (Å²) >= 11 is 5.96. The third-order valence-electron chi connectivity index (χ3n) is 7.22. The molecule has 2 aromatic rings. The minimum Gasteiger partial charge on any atom is -0.490 e. The molecule has 0 radical (unpaired) electrons. The topological polar surface area (TPSA) is 83.8 Å². The Labute approximate surface area is 190 Å². The van der Waals surface area contributed by atoms with Crippen LogP contribution in [0.2, 0.25) is 5.02 Å². The first-order valence-corrected chi connectivity index (χ1v) is 12.4. The Morgan fingerprint density at radius 1 is 1.00 bits per heavy atom. The van der Waals surface area contributed by atoms with Crippen molar-refractivity contribution >= 4 is 21.4 Å². The van der Waals surface area contributed by atoms with E-state index < -0.39 is 37.6 Å². The number of hydrogen-bond acceptors (Lipinski definition) is 5. The molecule has 1 aliphatic heterocycles. The largest absolute Gasteiger partial charge is 0.490 e. The van der Waals surface area contributed by atoms with Gasteiger partial charge in [-0.1, -0.05) is 18.0 Å². The molecule has 32 heavy (non-hydrogen) atoms. The van der Waals surface area contributed by atoms with Crippen LogP contribution in [0.1, 0.15) is 37.7 Å². The number of aliphatic hydroxyl groups excluding tert-OH is 2. The Morgan fingerprint density at radius 3 is 2.25 bits per heavy atom. The fourth-order valence-corrected chi connectivity index (χ4v) is 8.45. The van der Waals surface area contributed by atoms with Gasteiger partial charge in [0, 0.05) is 24.2 Å². The highest BCUT2D eigenvalue weighted by Crippen LogP contribution is 2.63. The van der Waals surface area contributed by atoms with Crippen LogP contribution in [-0.2, 0) is 14.6 Å². The number of rotatable bonds is 6. The standard InChI is InChI=1S/C23H25ClF2O5S/c24-15-2-4-16(5-3-15)32(29,30)23-9-1-8-22(10-12-27,11-13-28)19(23)14-31-21-18(26)7-6-17(25)20(21)23/h2-7,19,27-28H,1,8-14H2/t19-,23-/m0/s1. The average molecular weight is 487 g/mol. The normalized spacial score (nSPS) is 24.3. The van der Waals surface area contributed by atoms with Crippen LogP contribution in [0.5, 0.6) is 5.75 Å². The van der Waals surface area contributed by atoms with Gasteiger partial charge < -0.3 is 14.9 Å². The zero-order valence-electron chi connectivity index (χ0n) is 17.4. The van der Waals surface area contributed by atoms with Gasteiger partial charge in [-0.15, -0.1) is 0 Å². The second-order valence-corrected chi connectivity index (χ2v) is 11.3. The molecule has 0 spiro atoms. The van der Waals surface area contributed by atoms with Crippen molar-refractivity contribution in [3.63, 3.8) is 0 Å². The Bertz CT molecular complexity index is 1090. The number of ether oxygens (including phenoxy) is 1. The molecule has 1 saturated carbocycles. The number of fused-ring (bicyclic) bond motifs is 3. The molecule has 1 heterocycles. The molecule has 0 amide bonds. The summed E-state index contributed by atoms with van der Waals surface area (Å²) in [6, 6.07) is 7.47. The first kappa shape index (κ1) is 23.4. The van der Waals surface area contributed by atoms with Crippen molar-refractivity contribution in [2.75, 3.05) is 19.8 Å². The third-order valence-corrected chi connectivity index (χ3v) is 10.0. The second kappa shape index (κ2) is 8.56. The lowest BCUT2D eigenvalue weighted by atomic mass is 9.56. The molecule has 5 nitrogen and oxygen atoms in total. The molecule has 1 fully saturated rings. The minimum atomic E-state index is -4.27. The van der Waals surface area contributed by atoms with Crippen molar-refractivity contribution in [2.45, 2.75) is 41.7 Å². The van der Waals surface area contributed by atoms with E-state index in [1.165, 1.54) is 24.3 Å². The van der Waals surface area contributed by atoms with Gasteiger partial charge in [0.1, 0.15) is 10.6 Å². The smallest absolute Gasteiger partial charge is 0.188 e. The van der Waals surface area contributed by atoms with Gasteiger partial charge in [0.25, 0.3) is 0 Å². The van der Waals surface area contributed by atoms with Crippen molar-refractivity contribution in [1.82, 2.24) is 0 Å². The van der Waals surface area contributed by atoms with Crippen LogP contribution in [-0.4, -0.2) is 38.5 Å². The quantitative estimate of drug-likeness (QED) is 0.638. The SMILES string of the molecule is O=S(=O)(c1ccc(Cl)cc1)[C@@]12CCCC(CCO)(CCO)[C@@H]1COc1c(F)ccc(F)c12. The van der Waals surface area contributed by atoms with Crippen LogP contribution >= 0.6 is 11.6 Å². The van der Waals surface area contributed by atoms with Gasteiger partial charge in [0.2, 0.25) is 0 Å². The van der Waals surface area contributed by atoms with Gasteiger partial charge in [-0.05, 0) is 67.5 Å². The molecule has 9 heteroatoms. The maximum atomic E-state index is 15.4. The van der Waals surface area contributed by atoms with E-state index in [0.29, 0.717) is 17.9 Å². The fourth-order valence-electron chi connectivity index (χ4n) is 5.84. The molecule has 2 atom stereocenters. The highest BCUT2D eigenvalue weighted by Gasteiger charge is 2.64. The summed E-state index contributed by atoms with van der Waals surface area (Å²) in [5.41, 5.74) is -1.12.